The Morgan fingerprint density at radius 3 is 2.58 bits per heavy atom. The zero-order valence-electron chi connectivity index (χ0n) is 14.3. The van der Waals surface area contributed by atoms with Gasteiger partial charge in [0.25, 0.3) is 0 Å². The Hall–Kier alpha value is -2.50. The average Bonchev–Trinajstić information content (AvgIpc) is 2.71. The average molecular weight is 366 g/mol. The number of anilines is 2. The van der Waals surface area contributed by atoms with E-state index in [9.17, 15) is 0 Å². The van der Waals surface area contributed by atoms with Crippen LogP contribution in [0.15, 0.2) is 54.9 Å². The van der Waals surface area contributed by atoms with E-state index >= 15 is 0 Å². The molecule has 0 aliphatic carbocycles. The molecule has 26 heavy (non-hydrogen) atoms. The summed E-state index contributed by atoms with van der Waals surface area (Å²) in [6, 6.07) is 13.5. The largest absolute Gasteiger partial charge is 0.340 e. The van der Waals surface area contributed by atoms with Crippen molar-refractivity contribution in [3.8, 4) is 11.3 Å². The van der Waals surface area contributed by atoms with Crippen LogP contribution in [0.1, 0.15) is 24.6 Å². The summed E-state index contributed by atoms with van der Waals surface area (Å²) in [7, 11) is 0. The number of nitrogens with zero attached hydrogens (tertiary/aromatic N) is 3. The summed E-state index contributed by atoms with van der Waals surface area (Å²) in [6.45, 7) is 1.98. The second kappa shape index (κ2) is 7.81. The van der Waals surface area contributed by atoms with Crippen LogP contribution in [0.25, 0.3) is 11.3 Å². The lowest BCUT2D eigenvalue weighted by atomic mass is 9.98. The number of hydrogen-bond acceptors (Lipinski definition) is 5. The first kappa shape index (κ1) is 16.9. The smallest absolute Gasteiger partial charge is 0.135 e. The van der Waals surface area contributed by atoms with Crippen LogP contribution in [0.4, 0.5) is 11.5 Å². The fourth-order valence-electron chi connectivity index (χ4n) is 3.14. The maximum atomic E-state index is 5.98. The van der Waals surface area contributed by atoms with Gasteiger partial charge in [0.15, 0.2) is 0 Å². The third kappa shape index (κ3) is 4.00. The Bertz CT molecular complexity index is 861. The van der Waals surface area contributed by atoms with Crippen molar-refractivity contribution in [2.24, 2.45) is 0 Å². The number of hydrogen-bond donors (Lipinski definition) is 2. The van der Waals surface area contributed by atoms with E-state index in [0.29, 0.717) is 10.9 Å². The number of nitrogens with one attached hydrogen (secondary N) is 2. The van der Waals surface area contributed by atoms with Gasteiger partial charge >= 0.3 is 0 Å². The monoisotopic (exact) mass is 365 g/mol. The van der Waals surface area contributed by atoms with E-state index in [2.05, 4.69) is 15.6 Å². The molecule has 2 aromatic heterocycles. The molecule has 0 radical (unpaired) electrons. The van der Waals surface area contributed by atoms with E-state index in [1.54, 1.807) is 12.4 Å². The van der Waals surface area contributed by atoms with Crippen molar-refractivity contribution in [1.29, 1.82) is 0 Å². The minimum absolute atomic E-state index is 0.330. The zero-order valence-corrected chi connectivity index (χ0v) is 15.1. The predicted octanol–water partition coefficient (Wildman–Crippen LogP) is 4.40. The molecule has 0 spiro atoms. The fraction of sp³-hybridized carbons (Fsp3) is 0.250. The molecule has 0 unspecified atom stereocenters. The first-order valence-electron chi connectivity index (χ1n) is 8.80. The predicted molar refractivity (Wildman–Crippen MR) is 105 cm³/mol. The van der Waals surface area contributed by atoms with Gasteiger partial charge in [0.05, 0.1) is 5.69 Å². The lowest BCUT2D eigenvalue weighted by Gasteiger charge is -2.22. The highest BCUT2D eigenvalue weighted by Crippen LogP contribution is 2.27. The molecule has 0 saturated carbocycles. The molecule has 5 nitrogen and oxygen atoms in total. The highest BCUT2D eigenvalue weighted by molar-refractivity contribution is 6.30. The van der Waals surface area contributed by atoms with E-state index in [4.69, 9.17) is 21.6 Å². The van der Waals surface area contributed by atoms with Gasteiger partial charge < -0.3 is 10.6 Å². The number of rotatable bonds is 4. The SMILES string of the molecule is Clc1ccc(Nc2cc(-c3ccncc3)nc([C@H]3CCCNC3)n2)cc1. The fourth-order valence-corrected chi connectivity index (χ4v) is 3.26. The van der Waals surface area contributed by atoms with Crippen LogP contribution in [0.5, 0.6) is 0 Å². The Morgan fingerprint density at radius 2 is 1.85 bits per heavy atom. The highest BCUT2D eigenvalue weighted by atomic mass is 35.5. The van der Waals surface area contributed by atoms with Gasteiger partial charge in [-0.25, -0.2) is 9.97 Å². The van der Waals surface area contributed by atoms with Crippen LogP contribution < -0.4 is 10.6 Å². The van der Waals surface area contributed by atoms with Crippen LogP contribution in [0.3, 0.4) is 0 Å². The minimum atomic E-state index is 0.330. The molecule has 1 aliphatic heterocycles. The molecule has 0 amide bonds. The maximum absolute atomic E-state index is 5.98. The van der Waals surface area contributed by atoms with Crippen molar-refractivity contribution in [2.75, 3.05) is 18.4 Å². The van der Waals surface area contributed by atoms with E-state index < -0.39 is 0 Å². The Labute approximate surface area is 157 Å². The highest BCUT2D eigenvalue weighted by Gasteiger charge is 2.19. The van der Waals surface area contributed by atoms with Crippen molar-refractivity contribution in [2.45, 2.75) is 18.8 Å². The van der Waals surface area contributed by atoms with Gasteiger partial charge in [0.1, 0.15) is 11.6 Å². The third-order valence-corrected chi connectivity index (χ3v) is 4.75. The van der Waals surface area contributed by atoms with Crippen molar-refractivity contribution in [3.63, 3.8) is 0 Å². The summed E-state index contributed by atoms with van der Waals surface area (Å²) in [5, 5.41) is 7.53. The summed E-state index contributed by atoms with van der Waals surface area (Å²) in [6.07, 6.45) is 5.82. The van der Waals surface area contributed by atoms with E-state index in [0.717, 1.165) is 54.5 Å². The summed E-state index contributed by atoms with van der Waals surface area (Å²) in [4.78, 5) is 13.7. The van der Waals surface area contributed by atoms with E-state index in [1.807, 2.05) is 42.5 Å². The van der Waals surface area contributed by atoms with Crippen LogP contribution in [0, 0.1) is 0 Å². The molecule has 1 saturated heterocycles. The van der Waals surface area contributed by atoms with Gasteiger partial charge in [-0.2, -0.15) is 0 Å². The normalized spacial score (nSPS) is 17.0. The summed E-state index contributed by atoms with van der Waals surface area (Å²) < 4.78 is 0. The van der Waals surface area contributed by atoms with E-state index in [-0.39, 0.29) is 0 Å². The number of benzene rings is 1. The topological polar surface area (TPSA) is 62.7 Å². The van der Waals surface area contributed by atoms with Crippen molar-refractivity contribution in [3.05, 3.63) is 65.7 Å². The second-order valence-electron chi connectivity index (χ2n) is 6.41. The molecule has 2 N–H and O–H groups in total. The van der Waals surface area contributed by atoms with Crippen molar-refractivity contribution >= 4 is 23.1 Å². The van der Waals surface area contributed by atoms with Gasteiger partial charge in [-0.05, 0) is 55.8 Å². The van der Waals surface area contributed by atoms with Gasteiger partial charge in [0, 0.05) is 47.2 Å². The molecule has 3 aromatic rings. The third-order valence-electron chi connectivity index (χ3n) is 4.50. The summed E-state index contributed by atoms with van der Waals surface area (Å²) in [5.41, 5.74) is 2.88. The number of pyridine rings is 1. The Morgan fingerprint density at radius 1 is 1.04 bits per heavy atom. The first-order chi connectivity index (χ1) is 12.8. The Balaban J connectivity index is 1.70. The number of aromatic nitrogens is 3. The van der Waals surface area contributed by atoms with Gasteiger partial charge in [0.2, 0.25) is 0 Å². The standard InChI is InChI=1S/C20H20ClN5/c21-16-3-5-17(6-4-16)24-19-12-18(14-7-10-22-11-8-14)25-20(26-19)15-2-1-9-23-13-15/h3-8,10-12,15,23H,1-2,9,13H2,(H,24,25,26)/t15-/m0/s1. The molecule has 1 fully saturated rings. The summed E-state index contributed by atoms with van der Waals surface area (Å²) in [5.74, 6) is 1.99. The van der Waals surface area contributed by atoms with Crippen LogP contribution in [-0.2, 0) is 0 Å². The first-order valence-corrected chi connectivity index (χ1v) is 9.18. The van der Waals surface area contributed by atoms with Gasteiger partial charge in [-0.1, -0.05) is 11.6 Å². The molecular formula is C20H20ClN5. The minimum Gasteiger partial charge on any atom is -0.340 e. The van der Waals surface area contributed by atoms with Crippen molar-refractivity contribution in [1.82, 2.24) is 20.3 Å². The molecule has 132 valence electrons. The van der Waals surface area contributed by atoms with Gasteiger partial charge in [-0.15, -0.1) is 0 Å². The lowest BCUT2D eigenvalue weighted by molar-refractivity contribution is 0.447. The number of piperidine rings is 1. The second-order valence-corrected chi connectivity index (χ2v) is 6.84. The quantitative estimate of drug-likeness (QED) is 0.717. The molecule has 1 aromatic carbocycles. The molecule has 4 rings (SSSR count). The van der Waals surface area contributed by atoms with Crippen molar-refractivity contribution < 1.29 is 0 Å². The molecule has 1 atom stereocenters. The Kier molecular flexibility index (Phi) is 5.09. The van der Waals surface area contributed by atoms with Crippen LogP contribution in [-0.4, -0.2) is 28.0 Å². The van der Waals surface area contributed by atoms with E-state index in [1.165, 1.54) is 0 Å². The van der Waals surface area contributed by atoms with Gasteiger partial charge in [-0.3, -0.25) is 4.98 Å². The molecule has 1 aliphatic rings. The molecule has 6 heteroatoms. The number of halogens is 1. The van der Waals surface area contributed by atoms with Crippen LogP contribution >= 0.6 is 11.6 Å². The molecule has 0 bridgehead atoms. The zero-order chi connectivity index (χ0) is 17.8. The lowest BCUT2D eigenvalue weighted by Crippen LogP contribution is -2.29. The summed E-state index contributed by atoms with van der Waals surface area (Å²) >= 11 is 5.98. The molecular weight excluding hydrogens is 346 g/mol. The molecule has 3 heterocycles. The van der Waals surface area contributed by atoms with Crippen LogP contribution in [0.2, 0.25) is 5.02 Å². The maximum Gasteiger partial charge on any atom is 0.135 e.